The number of hydrogen-bond acceptors (Lipinski definition) is 2. The fourth-order valence-corrected chi connectivity index (χ4v) is 1.99. The molecule has 1 atom stereocenters. The van der Waals surface area contributed by atoms with Crippen molar-refractivity contribution < 1.29 is 4.74 Å². The Hall–Kier alpha value is -0.380. The molecule has 2 nitrogen and oxygen atoms in total. The summed E-state index contributed by atoms with van der Waals surface area (Å²) in [5.41, 5.74) is 1.32. The van der Waals surface area contributed by atoms with Crippen molar-refractivity contribution in [2.45, 2.75) is 25.8 Å². The highest BCUT2D eigenvalue weighted by Crippen LogP contribution is 2.17. The SMILES string of the molecule is CCCOCC(Cc1ccccc1Br)NC. The van der Waals surface area contributed by atoms with E-state index < -0.39 is 0 Å². The van der Waals surface area contributed by atoms with Crippen molar-refractivity contribution in [2.75, 3.05) is 20.3 Å². The Kier molecular flexibility index (Phi) is 6.69. The zero-order valence-corrected chi connectivity index (χ0v) is 11.6. The van der Waals surface area contributed by atoms with Crippen molar-refractivity contribution in [1.29, 1.82) is 0 Å². The summed E-state index contributed by atoms with van der Waals surface area (Å²) in [7, 11) is 1.98. The molecule has 0 aliphatic rings. The van der Waals surface area contributed by atoms with Gasteiger partial charge >= 0.3 is 0 Å². The van der Waals surface area contributed by atoms with Gasteiger partial charge in [0, 0.05) is 17.1 Å². The average molecular weight is 286 g/mol. The van der Waals surface area contributed by atoms with Crippen molar-refractivity contribution in [3.63, 3.8) is 0 Å². The minimum absolute atomic E-state index is 0.380. The Labute approximate surface area is 107 Å². The van der Waals surface area contributed by atoms with Gasteiger partial charge < -0.3 is 10.1 Å². The smallest absolute Gasteiger partial charge is 0.0622 e. The lowest BCUT2D eigenvalue weighted by molar-refractivity contribution is 0.114. The topological polar surface area (TPSA) is 21.3 Å². The van der Waals surface area contributed by atoms with Crippen LogP contribution >= 0.6 is 15.9 Å². The van der Waals surface area contributed by atoms with E-state index in [9.17, 15) is 0 Å². The molecule has 16 heavy (non-hydrogen) atoms. The van der Waals surface area contributed by atoms with Gasteiger partial charge in [-0.05, 0) is 31.5 Å². The van der Waals surface area contributed by atoms with Crippen molar-refractivity contribution in [2.24, 2.45) is 0 Å². The number of nitrogens with one attached hydrogen (secondary N) is 1. The summed E-state index contributed by atoms with van der Waals surface area (Å²) in [6.07, 6.45) is 2.06. The Bertz CT molecular complexity index is 304. The van der Waals surface area contributed by atoms with Gasteiger partial charge in [-0.15, -0.1) is 0 Å². The summed E-state index contributed by atoms with van der Waals surface area (Å²) in [6, 6.07) is 8.71. The molecule has 1 N–H and O–H groups in total. The first kappa shape index (κ1) is 13.7. The number of halogens is 1. The molecule has 3 heteroatoms. The molecule has 0 amide bonds. The van der Waals surface area contributed by atoms with Gasteiger partial charge in [-0.3, -0.25) is 0 Å². The summed E-state index contributed by atoms with van der Waals surface area (Å²) in [4.78, 5) is 0. The molecule has 0 aliphatic heterocycles. The van der Waals surface area contributed by atoms with Crippen LogP contribution in [0.5, 0.6) is 0 Å². The van der Waals surface area contributed by atoms with Gasteiger partial charge in [0.2, 0.25) is 0 Å². The van der Waals surface area contributed by atoms with Crippen LogP contribution in [0.2, 0.25) is 0 Å². The minimum atomic E-state index is 0.380. The summed E-state index contributed by atoms with van der Waals surface area (Å²) in [6.45, 7) is 3.74. The molecule has 1 unspecified atom stereocenters. The van der Waals surface area contributed by atoms with Crippen molar-refractivity contribution >= 4 is 15.9 Å². The molecular weight excluding hydrogens is 266 g/mol. The lowest BCUT2D eigenvalue weighted by atomic mass is 10.1. The lowest BCUT2D eigenvalue weighted by Crippen LogP contribution is -2.32. The second-order valence-corrected chi connectivity index (χ2v) is 4.71. The maximum absolute atomic E-state index is 5.57. The normalized spacial score (nSPS) is 12.7. The van der Waals surface area contributed by atoms with Gasteiger partial charge in [-0.25, -0.2) is 0 Å². The molecule has 90 valence electrons. The average Bonchev–Trinajstić information content (AvgIpc) is 2.30. The Morgan fingerprint density at radius 2 is 2.12 bits per heavy atom. The number of hydrogen-bond donors (Lipinski definition) is 1. The summed E-state index contributed by atoms with van der Waals surface area (Å²) < 4.78 is 6.74. The molecule has 0 fully saturated rings. The van der Waals surface area contributed by atoms with Crippen LogP contribution in [0, 0.1) is 0 Å². The van der Waals surface area contributed by atoms with Crippen molar-refractivity contribution in [1.82, 2.24) is 5.32 Å². The van der Waals surface area contributed by atoms with E-state index in [0.29, 0.717) is 6.04 Å². The molecule has 0 bridgehead atoms. The van der Waals surface area contributed by atoms with Crippen LogP contribution in [0.1, 0.15) is 18.9 Å². The highest BCUT2D eigenvalue weighted by atomic mass is 79.9. The van der Waals surface area contributed by atoms with Crippen LogP contribution in [-0.4, -0.2) is 26.3 Å². The van der Waals surface area contributed by atoms with Gasteiger partial charge in [0.15, 0.2) is 0 Å². The van der Waals surface area contributed by atoms with E-state index in [1.165, 1.54) is 10.0 Å². The third kappa shape index (κ3) is 4.64. The number of benzene rings is 1. The molecule has 1 rings (SSSR count). The standard InChI is InChI=1S/C13H20BrNO/c1-3-8-16-10-12(15-2)9-11-6-4-5-7-13(11)14/h4-7,12,15H,3,8-10H2,1-2H3. The van der Waals surface area contributed by atoms with E-state index in [0.717, 1.165) is 26.1 Å². The molecular formula is C13H20BrNO. The largest absolute Gasteiger partial charge is 0.380 e. The molecule has 0 radical (unpaired) electrons. The maximum Gasteiger partial charge on any atom is 0.0622 e. The van der Waals surface area contributed by atoms with E-state index in [4.69, 9.17) is 4.74 Å². The predicted octanol–water partition coefficient (Wildman–Crippen LogP) is 3.01. The van der Waals surface area contributed by atoms with Gasteiger partial charge in [-0.2, -0.15) is 0 Å². The number of rotatable bonds is 7. The zero-order chi connectivity index (χ0) is 11.8. The first-order valence-corrected chi connectivity index (χ1v) is 6.55. The predicted molar refractivity (Wildman–Crippen MR) is 71.8 cm³/mol. The van der Waals surface area contributed by atoms with Crippen LogP contribution in [0.15, 0.2) is 28.7 Å². The summed E-state index contributed by atoms with van der Waals surface area (Å²) >= 11 is 3.57. The molecule has 0 aliphatic carbocycles. The summed E-state index contributed by atoms with van der Waals surface area (Å²) in [5, 5.41) is 3.29. The van der Waals surface area contributed by atoms with Gasteiger partial charge in [0.1, 0.15) is 0 Å². The lowest BCUT2D eigenvalue weighted by Gasteiger charge is -2.17. The maximum atomic E-state index is 5.57. The molecule has 0 saturated carbocycles. The Balaban J connectivity index is 2.46. The first-order chi connectivity index (χ1) is 7.77. The third-order valence-electron chi connectivity index (χ3n) is 2.50. The second-order valence-electron chi connectivity index (χ2n) is 3.86. The first-order valence-electron chi connectivity index (χ1n) is 5.76. The van der Waals surface area contributed by atoms with E-state index >= 15 is 0 Å². The van der Waals surface area contributed by atoms with E-state index in [2.05, 4.69) is 46.4 Å². The molecule has 1 aromatic rings. The second kappa shape index (κ2) is 7.82. The van der Waals surface area contributed by atoms with Gasteiger partial charge in [-0.1, -0.05) is 41.1 Å². The molecule has 0 spiro atoms. The highest BCUT2D eigenvalue weighted by molar-refractivity contribution is 9.10. The monoisotopic (exact) mass is 285 g/mol. The van der Waals surface area contributed by atoms with Crippen LogP contribution < -0.4 is 5.32 Å². The fraction of sp³-hybridized carbons (Fsp3) is 0.538. The van der Waals surface area contributed by atoms with Crippen LogP contribution in [0.25, 0.3) is 0 Å². The van der Waals surface area contributed by atoms with Gasteiger partial charge in [0.05, 0.1) is 6.61 Å². The van der Waals surface area contributed by atoms with Crippen LogP contribution in [0.4, 0.5) is 0 Å². The minimum Gasteiger partial charge on any atom is -0.380 e. The third-order valence-corrected chi connectivity index (χ3v) is 3.27. The molecule has 1 aromatic carbocycles. The quantitative estimate of drug-likeness (QED) is 0.778. The Morgan fingerprint density at radius 1 is 1.38 bits per heavy atom. The van der Waals surface area contributed by atoms with Crippen LogP contribution in [-0.2, 0) is 11.2 Å². The number of likely N-dealkylation sites (N-methyl/N-ethyl adjacent to an activating group) is 1. The van der Waals surface area contributed by atoms with Crippen molar-refractivity contribution in [3.8, 4) is 0 Å². The molecule has 0 aromatic heterocycles. The highest BCUT2D eigenvalue weighted by Gasteiger charge is 2.09. The zero-order valence-electron chi connectivity index (χ0n) is 10.0. The van der Waals surface area contributed by atoms with Crippen LogP contribution in [0.3, 0.4) is 0 Å². The summed E-state index contributed by atoms with van der Waals surface area (Å²) in [5.74, 6) is 0. The molecule has 0 heterocycles. The van der Waals surface area contributed by atoms with Gasteiger partial charge in [0.25, 0.3) is 0 Å². The van der Waals surface area contributed by atoms with E-state index in [1.807, 2.05) is 13.1 Å². The fourth-order valence-electron chi connectivity index (χ4n) is 1.54. The molecule has 0 saturated heterocycles. The van der Waals surface area contributed by atoms with Crippen molar-refractivity contribution in [3.05, 3.63) is 34.3 Å². The van der Waals surface area contributed by atoms with E-state index in [-0.39, 0.29) is 0 Å². The number of ether oxygens (including phenoxy) is 1. The van der Waals surface area contributed by atoms with E-state index in [1.54, 1.807) is 0 Å². The Morgan fingerprint density at radius 3 is 2.75 bits per heavy atom.